The molecule has 0 fully saturated rings. The number of benzene rings is 3. The average molecular weight is 476 g/mol. The van der Waals surface area contributed by atoms with E-state index in [1.807, 2.05) is 55.5 Å². The first kappa shape index (κ1) is 23.4. The third kappa shape index (κ3) is 4.50. The lowest BCUT2D eigenvalue weighted by molar-refractivity contribution is 0.102. The zero-order valence-corrected chi connectivity index (χ0v) is 20.2. The number of hydrogen-bond donors (Lipinski definition) is 1. The van der Waals surface area contributed by atoms with Gasteiger partial charge in [0.25, 0.3) is 5.91 Å². The van der Waals surface area contributed by atoms with E-state index in [0.29, 0.717) is 27.8 Å². The Morgan fingerprint density at radius 3 is 2.38 bits per heavy atom. The van der Waals surface area contributed by atoms with Gasteiger partial charge in [-0.1, -0.05) is 42.0 Å². The van der Waals surface area contributed by atoms with E-state index in [0.717, 1.165) is 15.4 Å². The van der Waals surface area contributed by atoms with Crippen molar-refractivity contribution in [2.45, 2.75) is 11.8 Å². The number of rotatable bonds is 6. The highest BCUT2D eigenvalue weighted by molar-refractivity contribution is 7.89. The van der Waals surface area contributed by atoms with E-state index in [2.05, 4.69) is 5.32 Å². The van der Waals surface area contributed by atoms with Crippen LogP contribution in [0.3, 0.4) is 0 Å². The molecule has 34 heavy (non-hydrogen) atoms. The van der Waals surface area contributed by atoms with Crippen molar-refractivity contribution in [2.75, 3.05) is 26.5 Å². The summed E-state index contributed by atoms with van der Waals surface area (Å²) in [4.78, 5) is 18.2. The number of nitrogens with one attached hydrogen (secondary N) is 1. The smallest absolute Gasteiger partial charge is 0.256 e. The summed E-state index contributed by atoms with van der Waals surface area (Å²) in [7, 11) is 0.505. The van der Waals surface area contributed by atoms with Crippen molar-refractivity contribution in [3.05, 3.63) is 83.9 Å². The molecule has 1 N–H and O–H groups in total. The van der Waals surface area contributed by atoms with E-state index in [4.69, 9.17) is 9.72 Å². The van der Waals surface area contributed by atoms with Gasteiger partial charge < -0.3 is 10.1 Å². The second-order valence-electron chi connectivity index (χ2n) is 8.05. The molecule has 0 bridgehead atoms. The molecule has 0 aliphatic heterocycles. The summed E-state index contributed by atoms with van der Waals surface area (Å²) < 4.78 is 31.9. The first-order chi connectivity index (χ1) is 16.2. The molecule has 1 aromatic heterocycles. The molecule has 0 aliphatic carbocycles. The Labute approximate surface area is 199 Å². The van der Waals surface area contributed by atoms with Crippen LogP contribution in [0.25, 0.3) is 22.2 Å². The Bertz CT molecular complexity index is 1480. The van der Waals surface area contributed by atoms with Gasteiger partial charge in [-0.15, -0.1) is 0 Å². The number of carbonyl (C=O) groups is 1. The van der Waals surface area contributed by atoms with Crippen molar-refractivity contribution in [1.82, 2.24) is 9.29 Å². The number of nitrogens with zero attached hydrogens (tertiary/aromatic N) is 2. The van der Waals surface area contributed by atoms with Crippen LogP contribution in [-0.4, -0.2) is 44.8 Å². The fourth-order valence-corrected chi connectivity index (χ4v) is 4.71. The highest BCUT2D eigenvalue weighted by atomic mass is 32.2. The molecule has 0 spiro atoms. The number of sulfonamides is 1. The predicted octanol–water partition coefficient (Wildman–Crippen LogP) is 4.72. The fraction of sp³-hybridized carbons (Fsp3) is 0.154. The van der Waals surface area contributed by atoms with Gasteiger partial charge in [0, 0.05) is 30.7 Å². The molecule has 0 saturated heterocycles. The first-order valence-corrected chi connectivity index (χ1v) is 12.0. The molecule has 0 radical (unpaired) electrons. The summed E-state index contributed by atoms with van der Waals surface area (Å²) in [5.74, 6) is -0.170. The number of anilines is 1. The standard InChI is InChI=1S/C26H25N3O4S/c1-17-10-12-22-20(14-17)21(16-23(28-22)18-8-6-5-7-9-18)26(30)27-19-11-13-24(33-4)25(15-19)34(31,32)29(2)3/h5-16H,1-4H3,(H,27,30). The van der Waals surface area contributed by atoms with Crippen LogP contribution in [-0.2, 0) is 10.0 Å². The van der Waals surface area contributed by atoms with Gasteiger partial charge in [-0.2, -0.15) is 0 Å². The fourth-order valence-electron chi connectivity index (χ4n) is 3.64. The lowest BCUT2D eigenvalue weighted by Gasteiger charge is -2.16. The van der Waals surface area contributed by atoms with Crippen molar-refractivity contribution in [3.63, 3.8) is 0 Å². The summed E-state index contributed by atoms with van der Waals surface area (Å²) >= 11 is 0. The summed E-state index contributed by atoms with van der Waals surface area (Å²) in [6.45, 7) is 1.95. The van der Waals surface area contributed by atoms with Crippen LogP contribution in [0.4, 0.5) is 5.69 Å². The molecule has 1 amide bonds. The van der Waals surface area contributed by atoms with Crippen LogP contribution in [0.1, 0.15) is 15.9 Å². The van der Waals surface area contributed by atoms with Crippen LogP contribution in [0.15, 0.2) is 77.7 Å². The second-order valence-corrected chi connectivity index (χ2v) is 10.2. The maximum atomic E-state index is 13.4. The number of hydrogen-bond acceptors (Lipinski definition) is 5. The number of pyridine rings is 1. The minimum absolute atomic E-state index is 0.0294. The highest BCUT2D eigenvalue weighted by Gasteiger charge is 2.23. The summed E-state index contributed by atoms with van der Waals surface area (Å²) in [6, 6.07) is 21.7. The van der Waals surface area contributed by atoms with Gasteiger partial charge in [-0.05, 0) is 43.3 Å². The quantitative estimate of drug-likeness (QED) is 0.436. The maximum absolute atomic E-state index is 13.4. The molecule has 7 nitrogen and oxygen atoms in total. The maximum Gasteiger partial charge on any atom is 0.256 e. The third-order valence-corrected chi connectivity index (χ3v) is 7.29. The number of fused-ring (bicyclic) bond motifs is 1. The molecule has 8 heteroatoms. The summed E-state index contributed by atoms with van der Waals surface area (Å²) in [5.41, 5.74) is 4.04. The van der Waals surface area contributed by atoms with Gasteiger partial charge in [0.2, 0.25) is 10.0 Å². The van der Waals surface area contributed by atoms with E-state index in [-0.39, 0.29) is 16.6 Å². The average Bonchev–Trinajstić information content (AvgIpc) is 2.83. The van der Waals surface area contributed by atoms with Gasteiger partial charge >= 0.3 is 0 Å². The zero-order chi connectivity index (χ0) is 24.5. The second kappa shape index (κ2) is 9.24. The van der Waals surface area contributed by atoms with Gasteiger partial charge in [0.05, 0.1) is 23.9 Å². The van der Waals surface area contributed by atoms with E-state index >= 15 is 0 Å². The Balaban J connectivity index is 1.80. The molecule has 1 heterocycles. The Morgan fingerprint density at radius 2 is 1.71 bits per heavy atom. The van der Waals surface area contributed by atoms with Gasteiger partial charge in [-0.25, -0.2) is 17.7 Å². The van der Waals surface area contributed by atoms with E-state index in [1.54, 1.807) is 12.1 Å². The molecule has 4 aromatic rings. The number of methoxy groups -OCH3 is 1. The predicted molar refractivity (Wildman–Crippen MR) is 134 cm³/mol. The number of amides is 1. The van der Waals surface area contributed by atoms with Crippen molar-refractivity contribution < 1.29 is 17.9 Å². The molecule has 0 atom stereocenters. The van der Waals surface area contributed by atoms with Crippen molar-refractivity contribution in [1.29, 1.82) is 0 Å². The lowest BCUT2D eigenvalue weighted by Crippen LogP contribution is -2.23. The number of aryl methyl sites for hydroxylation is 1. The Kier molecular flexibility index (Phi) is 6.37. The van der Waals surface area contributed by atoms with Crippen LogP contribution < -0.4 is 10.1 Å². The van der Waals surface area contributed by atoms with E-state index in [1.165, 1.54) is 33.3 Å². The summed E-state index contributed by atoms with van der Waals surface area (Å²) in [6.07, 6.45) is 0. The first-order valence-electron chi connectivity index (χ1n) is 10.6. The van der Waals surface area contributed by atoms with Crippen LogP contribution >= 0.6 is 0 Å². The zero-order valence-electron chi connectivity index (χ0n) is 19.4. The highest BCUT2D eigenvalue weighted by Crippen LogP contribution is 2.30. The van der Waals surface area contributed by atoms with Gasteiger partial charge in [0.15, 0.2) is 0 Å². The number of aromatic nitrogens is 1. The van der Waals surface area contributed by atoms with Crippen molar-refractivity contribution in [3.8, 4) is 17.0 Å². The van der Waals surface area contributed by atoms with E-state index < -0.39 is 10.0 Å². The molecule has 0 unspecified atom stereocenters. The minimum Gasteiger partial charge on any atom is -0.495 e. The minimum atomic E-state index is -3.78. The molecule has 174 valence electrons. The van der Waals surface area contributed by atoms with Crippen LogP contribution in [0.5, 0.6) is 5.75 Å². The normalized spacial score (nSPS) is 11.6. The molecular formula is C26H25N3O4S. The third-order valence-electron chi connectivity index (χ3n) is 5.46. The number of carbonyl (C=O) groups excluding carboxylic acids is 1. The van der Waals surface area contributed by atoms with Crippen LogP contribution in [0.2, 0.25) is 0 Å². The van der Waals surface area contributed by atoms with Gasteiger partial charge in [0.1, 0.15) is 10.6 Å². The molecule has 0 saturated carbocycles. The molecule has 3 aromatic carbocycles. The largest absolute Gasteiger partial charge is 0.495 e. The number of ether oxygens (including phenoxy) is 1. The van der Waals surface area contributed by atoms with E-state index in [9.17, 15) is 13.2 Å². The summed E-state index contributed by atoms with van der Waals surface area (Å²) in [5, 5.41) is 3.56. The Hall–Kier alpha value is -3.75. The lowest BCUT2D eigenvalue weighted by atomic mass is 10.0. The van der Waals surface area contributed by atoms with Crippen molar-refractivity contribution >= 4 is 32.5 Å². The van der Waals surface area contributed by atoms with Crippen LogP contribution in [0, 0.1) is 6.92 Å². The molecular weight excluding hydrogens is 450 g/mol. The SMILES string of the molecule is COc1ccc(NC(=O)c2cc(-c3ccccc3)nc3ccc(C)cc23)cc1S(=O)(=O)N(C)C. The molecule has 4 rings (SSSR count). The topological polar surface area (TPSA) is 88.6 Å². The monoisotopic (exact) mass is 475 g/mol. The van der Waals surface area contributed by atoms with Gasteiger partial charge in [-0.3, -0.25) is 4.79 Å². The molecule has 0 aliphatic rings. The van der Waals surface area contributed by atoms with Crippen molar-refractivity contribution in [2.24, 2.45) is 0 Å². The Morgan fingerprint density at radius 1 is 0.971 bits per heavy atom.